The molecule has 234 valence electrons. The fraction of sp³-hybridized carbons (Fsp3) is 0.0208. The molecule has 1 aliphatic rings. The summed E-state index contributed by atoms with van der Waals surface area (Å²) in [4.78, 5) is 5.36. The van der Waals surface area contributed by atoms with E-state index < -0.39 is 6.67 Å². The van der Waals surface area contributed by atoms with Crippen LogP contribution in [0.3, 0.4) is 0 Å². The number of aromatic nitrogens is 1. The quantitative estimate of drug-likeness (QED) is 0.183. The molecule has 0 aliphatic heterocycles. The van der Waals surface area contributed by atoms with Gasteiger partial charge in [0.25, 0.3) is 0 Å². The van der Waals surface area contributed by atoms with Crippen molar-refractivity contribution in [2.75, 3.05) is 0 Å². The van der Waals surface area contributed by atoms with E-state index in [-0.39, 0.29) is 0 Å². The smallest absolute Gasteiger partial charge is 0.115 e. The summed E-state index contributed by atoms with van der Waals surface area (Å²) in [5.41, 5.74) is 14.6. The third-order valence-electron chi connectivity index (χ3n) is 10.3. The second-order valence-corrected chi connectivity index (χ2v) is 13.1. The number of fused-ring (bicyclic) bond motifs is 5. The molecule has 50 heavy (non-hydrogen) atoms. The minimum atomic E-state index is -0.479. The molecule has 2 heteroatoms. The fourth-order valence-electron chi connectivity index (χ4n) is 8.13. The van der Waals surface area contributed by atoms with Gasteiger partial charge in [-0.3, -0.25) is 0 Å². The van der Waals surface area contributed by atoms with Crippen LogP contribution >= 0.6 is 0 Å². The number of benzene rings is 8. The molecule has 0 fully saturated rings. The summed E-state index contributed by atoms with van der Waals surface area (Å²) >= 11 is 0. The average Bonchev–Trinajstić information content (AvgIpc) is 3.52. The summed E-state index contributed by atoms with van der Waals surface area (Å²) in [5.74, 6) is 0. The Morgan fingerprint density at radius 2 is 0.940 bits per heavy atom. The number of rotatable bonds is 5. The van der Waals surface area contributed by atoms with E-state index in [2.05, 4.69) is 146 Å². The first kappa shape index (κ1) is 28.6. The van der Waals surface area contributed by atoms with Gasteiger partial charge >= 0.3 is 0 Å². The number of hydrogen-bond donors (Lipinski definition) is 0. The van der Waals surface area contributed by atoms with Gasteiger partial charge in [-0.2, -0.15) is 0 Å². The van der Waals surface area contributed by atoms with Gasteiger partial charge in [-0.15, -0.1) is 0 Å². The van der Waals surface area contributed by atoms with E-state index in [1.807, 2.05) is 24.3 Å². The molecule has 0 radical (unpaired) electrons. The topological polar surface area (TPSA) is 12.9 Å². The van der Waals surface area contributed by atoms with E-state index >= 15 is 0 Å². The summed E-state index contributed by atoms with van der Waals surface area (Å²) in [5, 5.41) is 7.17. The maximum absolute atomic E-state index is 13.4. The molecule has 1 aliphatic carbocycles. The second-order valence-electron chi connectivity index (χ2n) is 13.1. The summed E-state index contributed by atoms with van der Waals surface area (Å²) in [7, 11) is 0. The van der Waals surface area contributed by atoms with Gasteiger partial charge in [0.05, 0.1) is 11.4 Å². The first-order valence-electron chi connectivity index (χ1n) is 17.1. The first-order valence-corrected chi connectivity index (χ1v) is 17.1. The highest BCUT2D eigenvalue weighted by Crippen LogP contribution is 2.58. The largest absolute Gasteiger partial charge is 0.247 e. The van der Waals surface area contributed by atoms with Gasteiger partial charge in [0.15, 0.2) is 0 Å². The Bertz CT molecular complexity index is 2670. The number of pyridine rings is 1. The van der Waals surface area contributed by atoms with Crippen molar-refractivity contribution >= 4 is 32.3 Å². The third-order valence-corrected chi connectivity index (χ3v) is 10.3. The molecule has 1 nitrogen and oxygen atoms in total. The van der Waals surface area contributed by atoms with Crippen molar-refractivity contribution in [2.45, 2.75) is 6.67 Å². The van der Waals surface area contributed by atoms with Gasteiger partial charge in [0.1, 0.15) is 6.67 Å². The number of halogens is 1. The molecule has 0 unspecified atom stereocenters. The van der Waals surface area contributed by atoms with Crippen LogP contribution in [-0.2, 0) is 6.67 Å². The average molecular weight is 640 g/mol. The highest BCUT2D eigenvalue weighted by Gasteiger charge is 2.31. The van der Waals surface area contributed by atoms with Gasteiger partial charge in [-0.25, -0.2) is 9.37 Å². The SMILES string of the molecule is FCc1ccc(-c2cc3ccccc3c(-c3ccc4c5c(cccc35)-c3c-4c(-c4ccccc4)c4ccccc4c3-c3ccccc3)n2)cc1. The Hall–Kier alpha value is -6.38. The van der Waals surface area contributed by atoms with Crippen LogP contribution in [0.5, 0.6) is 0 Å². The van der Waals surface area contributed by atoms with Crippen LogP contribution in [0.25, 0.3) is 99.3 Å². The van der Waals surface area contributed by atoms with Gasteiger partial charge in [-0.05, 0) is 83.1 Å². The molecule has 0 saturated heterocycles. The molecule has 1 aromatic heterocycles. The molecule has 0 spiro atoms. The second kappa shape index (κ2) is 11.4. The van der Waals surface area contributed by atoms with Crippen LogP contribution in [0.1, 0.15) is 5.56 Å². The van der Waals surface area contributed by atoms with Crippen LogP contribution in [0.4, 0.5) is 4.39 Å². The van der Waals surface area contributed by atoms with Gasteiger partial charge in [0, 0.05) is 16.5 Å². The van der Waals surface area contributed by atoms with E-state index in [0.717, 1.165) is 33.3 Å². The van der Waals surface area contributed by atoms with Crippen molar-refractivity contribution < 1.29 is 4.39 Å². The molecule has 0 amide bonds. The molecular formula is C48H30FN. The molecule has 10 rings (SSSR count). The van der Waals surface area contributed by atoms with Crippen LogP contribution in [0, 0.1) is 0 Å². The lowest BCUT2D eigenvalue weighted by Crippen LogP contribution is -1.93. The van der Waals surface area contributed by atoms with Gasteiger partial charge in [0.2, 0.25) is 0 Å². The monoisotopic (exact) mass is 639 g/mol. The van der Waals surface area contributed by atoms with Crippen molar-refractivity contribution in [2.24, 2.45) is 0 Å². The predicted molar refractivity (Wildman–Crippen MR) is 208 cm³/mol. The summed E-state index contributed by atoms with van der Waals surface area (Å²) < 4.78 is 13.4. The van der Waals surface area contributed by atoms with Crippen LogP contribution in [-0.4, -0.2) is 4.98 Å². The van der Waals surface area contributed by atoms with Crippen LogP contribution in [0.2, 0.25) is 0 Å². The Balaban J connectivity index is 1.31. The highest BCUT2D eigenvalue weighted by atomic mass is 19.1. The molecule has 1 heterocycles. The van der Waals surface area contributed by atoms with E-state index in [1.165, 1.54) is 66.1 Å². The number of alkyl halides is 1. The minimum Gasteiger partial charge on any atom is -0.247 e. The van der Waals surface area contributed by atoms with Crippen molar-refractivity contribution in [3.05, 3.63) is 175 Å². The summed E-state index contributed by atoms with van der Waals surface area (Å²) in [6.45, 7) is -0.479. The summed E-state index contributed by atoms with van der Waals surface area (Å²) in [6.07, 6.45) is 0. The molecule has 0 atom stereocenters. The highest BCUT2D eigenvalue weighted by molar-refractivity contribution is 6.29. The van der Waals surface area contributed by atoms with Crippen molar-refractivity contribution in [1.29, 1.82) is 0 Å². The third kappa shape index (κ3) is 4.28. The Morgan fingerprint density at radius 3 is 1.58 bits per heavy atom. The molecule has 0 saturated carbocycles. The number of hydrogen-bond acceptors (Lipinski definition) is 1. The Kier molecular flexibility index (Phi) is 6.50. The minimum absolute atomic E-state index is 0.479. The van der Waals surface area contributed by atoms with E-state index in [0.29, 0.717) is 5.56 Å². The zero-order chi connectivity index (χ0) is 33.2. The molecule has 0 N–H and O–H groups in total. The molecular weight excluding hydrogens is 610 g/mol. The van der Waals surface area contributed by atoms with E-state index in [1.54, 1.807) is 0 Å². The van der Waals surface area contributed by atoms with Gasteiger partial charge in [-0.1, -0.05) is 164 Å². The lowest BCUT2D eigenvalue weighted by Gasteiger charge is -2.20. The standard InChI is InChI=1S/C48H30FN/c49-29-30-22-24-31(25-23-30)42-28-34-16-7-8-17-35(34)48(50-42)39-26-27-41-45-38(39)20-11-21-40(45)46-43(32-12-3-1-4-13-32)36-18-9-10-19-37(36)44(47(41)46)33-14-5-2-6-15-33/h1-28H,29H2. The van der Waals surface area contributed by atoms with Crippen LogP contribution < -0.4 is 0 Å². The predicted octanol–water partition coefficient (Wildman–Crippen LogP) is 13.3. The van der Waals surface area contributed by atoms with Crippen molar-refractivity contribution in [3.63, 3.8) is 0 Å². The Morgan fingerprint density at radius 1 is 0.400 bits per heavy atom. The molecule has 9 aromatic rings. The maximum atomic E-state index is 13.4. The zero-order valence-corrected chi connectivity index (χ0v) is 27.2. The van der Waals surface area contributed by atoms with Crippen LogP contribution in [0.15, 0.2) is 170 Å². The molecule has 8 aromatic carbocycles. The van der Waals surface area contributed by atoms with Crippen molar-refractivity contribution in [3.8, 4) is 67.0 Å². The summed E-state index contributed by atoms with van der Waals surface area (Å²) in [6, 6.07) is 60.2. The number of nitrogens with zero attached hydrogens (tertiary/aromatic N) is 1. The molecule has 0 bridgehead atoms. The van der Waals surface area contributed by atoms with E-state index in [9.17, 15) is 4.39 Å². The van der Waals surface area contributed by atoms with Gasteiger partial charge < -0.3 is 0 Å². The zero-order valence-electron chi connectivity index (χ0n) is 27.2. The first-order chi connectivity index (χ1) is 24.8. The fourth-order valence-corrected chi connectivity index (χ4v) is 8.13. The van der Waals surface area contributed by atoms with Crippen molar-refractivity contribution in [1.82, 2.24) is 4.98 Å². The Labute approximate surface area is 290 Å². The maximum Gasteiger partial charge on any atom is 0.115 e. The normalized spacial score (nSPS) is 11.8. The van der Waals surface area contributed by atoms with E-state index in [4.69, 9.17) is 4.98 Å². The lowest BCUT2D eigenvalue weighted by atomic mass is 9.82. The lowest BCUT2D eigenvalue weighted by molar-refractivity contribution is 0.485.